The average molecular weight is 238 g/mol. The Balaban J connectivity index is 2.82. The van der Waals surface area contributed by atoms with E-state index in [1.165, 1.54) is 0 Å². The standard InChI is InChI=1S/C13H22N2O2/c1-10(2)17-11-7-6-8-14-12(11)15-13(3,4)9-16-5/h6-8,10H,9H2,1-5H3,(H,14,15). The van der Waals surface area contributed by atoms with Crippen LogP contribution < -0.4 is 10.1 Å². The highest BCUT2D eigenvalue weighted by Crippen LogP contribution is 2.25. The van der Waals surface area contributed by atoms with Crippen molar-refractivity contribution in [2.75, 3.05) is 19.0 Å². The first-order valence-electron chi connectivity index (χ1n) is 5.83. The van der Waals surface area contributed by atoms with Crippen LogP contribution in [0.25, 0.3) is 0 Å². The van der Waals surface area contributed by atoms with Gasteiger partial charge in [-0.1, -0.05) is 0 Å². The second-order valence-corrected chi connectivity index (χ2v) is 4.96. The van der Waals surface area contributed by atoms with E-state index < -0.39 is 0 Å². The van der Waals surface area contributed by atoms with Crippen molar-refractivity contribution in [3.05, 3.63) is 18.3 Å². The molecule has 4 nitrogen and oxygen atoms in total. The van der Waals surface area contributed by atoms with E-state index in [1.54, 1.807) is 13.3 Å². The summed E-state index contributed by atoms with van der Waals surface area (Å²) in [5.74, 6) is 1.52. The lowest BCUT2D eigenvalue weighted by atomic mass is 10.1. The molecule has 0 saturated heterocycles. The van der Waals surface area contributed by atoms with Gasteiger partial charge in [0.15, 0.2) is 11.6 Å². The number of ether oxygens (including phenoxy) is 2. The molecule has 1 aromatic rings. The summed E-state index contributed by atoms with van der Waals surface area (Å²) in [6, 6.07) is 3.78. The topological polar surface area (TPSA) is 43.4 Å². The zero-order valence-corrected chi connectivity index (χ0v) is 11.3. The Kier molecular flexibility index (Phi) is 4.75. The van der Waals surface area contributed by atoms with Crippen molar-refractivity contribution in [2.45, 2.75) is 39.3 Å². The summed E-state index contributed by atoms with van der Waals surface area (Å²) in [5.41, 5.74) is -0.182. The molecule has 0 aliphatic rings. The third kappa shape index (κ3) is 4.61. The Morgan fingerprint density at radius 2 is 2.12 bits per heavy atom. The van der Waals surface area contributed by atoms with Gasteiger partial charge >= 0.3 is 0 Å². The maximum atomic E-state index is 5.70. The van der Waals surface area contributed by atoms with Gasteiger partial charge in [-0.05, 0) is 39.8 Å². The number of hydrogen-bond donors (Lipinski definition) is 1. The van der Waals surface area contributed by atoms with E-state index in [2.05, 4.69) is 24.1 Å². The first kappa shape index (κ1) is 13.8. The number of pyridine rings is 1. The van der Waals surface area contributed by atoms with Crippen LogP contribution in [0.15, 0.2) is 18.3 Å². The zero-order valence-electron chi connectivity index (χ0n) is 11.3. The Morgan fingerprint density at radius 1 is 1.41 bits per heavy atom. The lowest BCUT2D eigenvalue weighted by Crippen LogP contribution is -2.36. The van der Waals surface area contributed by atoms with Gasteiger partial charge in [-0.2, -0.15) is 0 Å². The summed E-state index contributed by atoms with van der Waals surface area (Å²) in [6.45, 7) is 8.72. The predicted octanol–water partition coefficient (Wildman–Crippen LogP) is 2.71. The molecule has 0 spiro atoms. The van der Waals surface area contributed by atoms with Gasteiger partial charge in [0.2, 0.25) is 0 Å². The minimum atomic E-state index is -0.182. The Labute approximate surface area is 103 Å². The fraction of sp³-hybridized carbons (Fsp3) is 0.615. The van der Waals surface area contributed by atoms with Crippen molar-refractivity contribution < 1.29 is 9.47 Å². The molecule has 0 saturated carbocycles. The fourth-order valence-electron chi connectivity index (χ4n) is 1.55. The summed E-state index contributed by atoms with van der Waals surface area (Å²) in [7, 11) is 1.69. The normalized spacial score (nSPS) is 11.6. The molecular formula is C13H22N2O2. The minimum absolute atomic E-state index is 0.130. The lowest BCUT2D eigenvalue weighted by Gasteiger charge is -2.27. The molecule has 0 amide bonds. The monoisotopic (exact) mass is 238 g/mol. The molecular weight excluding hydrogens is 216 g/mol. The van der Waals surface area contributed by atoms with Crippen LogP contribution in [0.3, 0.4) is 0 Å². The summed E-state index contributed by atoms with van der Waals surface area (Å²) in [6.07, 6.45) is 1.88. The van der Waals surface area contributed by atoms with Gasteiger partial charge in [0.05, 0.1) is 18.2 Å². The highest BCUT2D eigenvalue weighted by atomic mass is 16.5. The maximum absolute atomic E-state index is 5.70. The van der Waals surface area contributed by atoms with Gasteiger partial charge in [0, 0.05) is 13.3 Å². The van der Waals surface area contributed by atoms with Crippen LogP contribution in [0.2, 0.25) is 0 Å². The second-order valence-electron chi connectivity index (χ2n) is 4.96. The Morgan fingerprint density at radius 3 is 2.71 bits per heavy atom. The molecule has 4 heteroatoms. The number of hydrogen-bond acceptors (Lipinski definition) is 4. The summed E-state index contributed by atoms with van der Waals surface area (Å²) < 4.78 is 10.9. The van der Waals surface area contributed by atoms with E-state index in [1.807, 2.05) is 26.0 Å². The molecule has 1 rings (SSSR count). The molecule has 0 aliphatic heterocycles. The van der Waals surface area contributed by atoms with Gasteiger partial charge in [0.25, 0.3) is 0 Å². The molecule has 0 bridgehead atoms. The SMILES string of the molecule is COCC(C)(C)Nc1ncccc1OC(C)C. The van der Waals surface area contributed by atoms with Crippen molar-refractivity contribution in [1.29, 1.82) is 0 Å². The van der Waals surface area contributed by atoms with E-state index in [0.29, 0.717) is 6.61 Å². The number of anilines is 1. The summed E-state index contributed by atoms with van der Waals surface area (Å²) >= 11 is 0. The van der Waals surface area contributed by atoms with Gasteiger partial charge in [-0.25, -0.2) is 4.98 Å². The number of rotatable bonds is 6. The van der Waals surface area contributed by atoms with Crippen molar-refractivity contribution in [2.24, 2.45) is 0 Å². The smallest absolute Gasteiger partial charge is 0.169 e. The van der Waals surface area contributed by atoms with Crippen LogP contribution in [0.4, 0.5) is 5.82 Å². The molecule has 1 aromatic heterocycles. The lowest BCUT2D eigenvalue weighted by molar-refractivity contribution is 0.157. The summed E-state index contributed by atoms with van der Waals surface area (Å²) in [5, 5.41) is 3.33. The Bertz CT molecular complexity index is 351. The minimum Gasteiger partial charge on any atom is -0.487 e. The van der Waals surface area contributed by atoms with Gasteiger partial charge in [-0.15, -0.1) is 0 Å². The number of aromatic nitrogens is 1. The van der Waals surface area contributed by atoms with E-state index >= 15 is 0 Å². The third-order valence-electron chi connectivity index (χ3n) is 2.10. The molecule has 0 aromatic carbocycles. The molecule has 0 fully saturated rings. The highest BCUT2D eigenvalue weighted by Gasteiger charge is 2.19. The molecule has 0 radical (unpaired) electrons. The summed E-state index contributed by atoms with van der Waals surface area (Å²) in [4.78, 5) is 4.31. The first-order chi connectivity index (χ1) is 7.94. The van der Waals surface area contributed by atoms with Gasteiger partial charge < -0.3 is 14.8 Å². The van der Waals surface area contributed by atoms with Crippen molar-refractivity contribution in [3.63, 3.8) is 0 Å². The second kappa shape index (κ2) is 5.87. The molecule has 17 heavy (non-hydrogen) atoms. The van der Waals surface area contributed by atoms with E-state index in [9.17, 15) is 0 Å². The van der Waals surface area contributed by atoms with Gasteiger partial charge in [-0.3, -0.25) is 0 Å². The van der Waals surface area contributed by atoms with E-state index in [-0.39, 0.29) is 11.6 Å². The maximum Gasteiger partial charge on any atom is 0.169 e. The fourth-order valence-corrected chi connectivity index (χ4v) is 1.55. The largest absolute Gasteiger partial charge is 0.487 e. The number of methoxy groups -OCH3 is 1. The molecule has 1 N–H and O–H groups in total. The quantitative estimate of drug-likeness (QED) is 0.827. The van der Waals surface area contributed by atoms with Crippen LogP contribution in [0, 0.1) is 0 Å². The van der Waals surface area contributed by atoms with Crippen LogP contribution in [0.1, 0.15) is 27.7 Å². The molecule has 0 atom stereocenters. The van der Waals surface area contributed by atoms with Gasteiger partial charge in [0.1, 0.15) is 0 Å². The molecule has 96 valence electrons. The van der Waals surface area contributed by atoms with Crippen LogP contribution in [-0.4, -0.2) is 30.3 Å². The van der Waals surface area contributed by atoms with Crippen LogP contribution >= 0.6 is 0 Å². The van der Waals surface area contributed by atoms with Crippen molar-refractivity contribution >= 4 is 5.82 Å². The average Bonchev–Trinajstić information content (AvgIpc) is 2.19. The van der Waals surface area contributed by atoms with E-state index in [4.69, 9.17) is 9.47 Å². The predicted molar refractivity (Wildman–Crippen MR) is 69.6 cm³/mol. The molecule has 1 heterocycles. The van der Waals surface area contributed by atoms with E-state index in [0.717, 1.165) is 11.6 Å². The van der Waals surface area contributed by atoms with Crippen LogP contribution in [0.5, 0.6) is 5.75 Å². The third-order valence-corrected chi connectivity index (χ3v) is 2.10. The molecule has 0 unspecified atom stereocenters. The van der Waals surface area contributed by atoms with Crippen molar-refractivity contribution in [1.82, 2.24) is 4.98 Å². The zero-order chi connectivity index (χ0) is 12.9. The number of nitrogens with zero attached hydrogens (tertiary/aromatic N) is 1. The van der Waals surface area contributed by atoms with Crippen LogP contribution in [-0.2, 0) is 4.74 Å². The Hall–Kier alpha value is -1.29. The van der Waals surface area contributed by atoms with Crippen molar-refractivity contribution in [3.8, 4) is 5.75 Å². The first-order valence-corrected chi connectivity index (χ1v) is 5.83. The number of nitrogens with one attached hydrogen (secondary N) is 1. The molecule has 0 aliphatic carbocycles. The highest BCUT2D eigenvalue weighted by molar-refractivity contribution is 5.51.